The minimum Gasteiger partial charge on any atom is -0.377 e. The predicted molar refractivity (Wildman–Crippen MR) is 93.4 cm³/mol. The van der Waals surface area contributed by atoms with Crippen LogP contribution in [0, 0.1) is 0 Å². The lowest BCUT2D eigenvalue weighted by Gasteiger charge is -2.09. The van der Waals surface area contributed by atoms with Crippen molar-refractivity contribution in [2.45, 2.75) is 71.1 Å². The van der Waals surface area contributed by atoms with Crippen molar-refractivity contribution in [3.05, 3.63) is 24.5 Å². The highest BCUT2D eigenvalue weighted by Gasteiger charge is 2.13. The zero-order chi connectivity index (χ0) is 16.2. The van der Waals surface area contributed by atoms with Gasteiger partial charge in [-0.25, -0.2) is 4.79 Å². The predicted octanol–water partition coefficient (Wildman–Crippen LogP) is 4.60. The van der Waals surface area contributed by atoms with Gasteiger partial charge in [0.2, 0.25) is 0 Å². The number of hydrogen-bond acceptors (Lipinski definition) is 2. The van der Waals surface area contributed by atoms with Crippen LogP contribution in [0.15, 0.2) is 24.5 Å². The fourth-order valence-electron chi connectivity index (χ4n) is 2.60. The summed E-state index contributed by atoms with van der Waals surface area (Å²) >= 11 is 0. The number of pyridine rings is 1. The van der Waals surface area contributed by atoms with Crippen molar-refractivity contribution in [2.24, 2.45) is 0 Å². The average molecular weight is 305 g/mol. The molecule has 0 aliphatic heterocycles. The van der Waals surface area contributed by atoms with Crippen molar-refractivity contribution in [2.75, 3.05) is 19.0 Å². The lowest BCUT2D eigenvalue weighted by Crippen LogP contribution is -2.41. The molecule has 0 aliphatic carbocycles. The number of nitrogens with zero attached hydrogens (tertiary/aromatic N) is 2. The maximum Gasteiger partial charge on any atom is 0.392 e. The summed E-state index contributed by atoms with van der Waals surface area (Å²) in [7, 11) is 4.01. The lowest BCUT2D eigenvalue weighted by molar-refractivity contribution is -0.574. The Morgan fingerprint density at radius 3 is 1.91 bits per heavy atom. The van der Waals surface area contributed by atoms with Gasteiger partial charge in [0.25, 0.3) is 0 Å². The first kappa shape index (κ1) is 18.7. The van der Waals surface area contributed by atoms with E-state index in [-0.39, 0.29) is 5.91 Å². The van der Waals surface area contributed by atoms with E-state index in [1.807, 2.05) is 43.5 Å². The maximum absolute atomic E-state index is 12.1. The summed E-state index contributed by atoms with van der Waals surface area (Å²) in [6.45, 7) is 2.25. The van der Waals surface area contributed by atoms with Gasteiger partial charge in [-0.2, -0.15) is 0 Å². The van der Waals surface area contributed by atoms with Crippen molar-refractivity contribution in [3.63, 3.8) is 0 Å². The van der Waals surface area contributed by atoms with Gasteiger partial charge in [0.1, 0.15) is 0 Å². The molecule has 1 rings (SSSR count). The summed E-state index contributed by atoms with van der Waals surface area (Å²) in [6.07, 6.45) is 16.0. The Kier molecular flexibility index (Phi) is 9.52. The molecule has 1 heterocycles. The van der Waals surface area contributed by atoms with E-state index in [9.17, 15) is 4.79 Å². The summed E-state index contributed by atoms with van der Waals surface area (Å²) in [6, 6.07) is 3.96. The molecule has 124 valence electrons. The molecule has 0 bridgehead atoms. The molecule has 0 spiro atoms. The summed E-state index contributed by atoms with van der Waals surface area (Å²) in [5.41, 5.74) is 1.12. The highest BCUT2D eigenvalue weighted by Crippen LogP contribution is 2.11. The first-order valence-corrected chi connectivity index (χ1v) is 8.87. The fourth-order valence-corrected chi connectivity index (χ4v) is 2.60. The summed E-state index contributed by atoms with van der Waals surface area (Å²) in [4.78, 5) is 14.1. The standard InChI is InChI=1S/C19H33N2O/c1-4-5-6-7-8-9-10-11-12-13-19(22)21-16-14-18(15-17-21)20(2)3/h14-17H,4-13H2,1-3H3/q+1. The minimum atomic E-state index is 0.202. The van der Waals surface area contributed by atoms with Crippen LogP contribution in [-0.4, -0.2) is 20.0 Å². The topological polar surface area (TPSA) is 24.2 Å². The van der Waals surface area contributed by atoms with Gasteiger partial charge in [-0.15, -0.1) is 4.57 Å². The Labute approximate surface area is 136 Å². The molecule has 0 aliphatic rings. The van der Waals surface area contributed by atoms with E-state index in [2.05, 4.69) is 6.92 Å². The van der Waals surface area contributed by atoms with Crippen LogP contribution in [-0.2, 0) is 0 Å². The molecular weight excluding hydrogens is 272 g/mol. The third-order valence-electron chi connectivity index (χ3n) is 4.11. The van der Waals surface area contributed by atoms with Gasteiger partial charge in [0.15, 0.2) is 12.4 Å². The van der Waals surface area contributed by atoms with Crippen LogP contribution in [0.5, 0.6) is 0 Å². The van der Waals surface area contributed by atoms with Gasteiger partial charge in [-0.3, -0.25) is 0 Å². The van der Waals surface area contributed by atoms with E-state index in [1.54, 1.807) is 4.57 Å². The summed E-state index contributed by atoms with van der Waals surface area (Å²) in [5.74, 6) is 0.202. The first-order valence-electron chi connectivity index (χ1n) is 8.87. The molecule has 0 saturated heterocycles. The van der Waals surface area contributed by atoms with E-state index < -0.39 is 0 Å². The fraction of sp³-hybridized carbons (Fsp3) is 0.684. The second-order valence-corrected chi connectivity index (χ2v) is 6.33. The van der Waals surface area contributed by atoms with Gasteiger partial charge < -0.3 is 4.90 Å². The van der Waals surface area contributed by atoms with E-state index in [1.165, 1.54) is 51.4 Å². The molecule has 1 aromatic rings. The number of carbonyl (C=O) groups excluding carboxylic acids is 1. The Morgan fingerprint density at radius 2 is 1.41 bits per heavy atom. The zero-order valence-corrected chi connectivity index (χ0v) is 14.7. The van der Waals surface area contributed by atoms with Crippen LogP contribution >= 0.6 is 0 Å². The van der Waals surface area contributed by atoms with Gasteiger partial charge in [-0.05, 0) is 6.42 Å². The Morgan fingerprint density at radius 1 is 0.909 bits per heavy atom. The van der Waals surface area contributed by atoms with E-state index in [4.69, 9.17) is 0 Å². The van der Waals surface area contributed by atoms with Crippen LogP contribution in [0.3, 0.4) is 0 Å². The molecule has 0 unspecified atom stereocenters. The Balaban J connectivity index is 2.10. The van der Waals surface area contributed by atoms with Crippen molar-refractivity contribution in [1.82, 2.24) is 0 Å². The van der Waals surface area contributed by atoms with Crippen molar-refractivity contribution >= 4 is 11.6 Å². The average Bonchev–Trinajstić information content (AvgIpc) is 2.53. The molecule has 0 saturated carbocycles. The largest absolute Gasteiger partial charge is 0.392 e. The molecule has 0 radical (unpaired) electrons. The summed E-state index contributed by atoms with van der Waals surface area (Å²) < 4.78 is 1.71. The lowest BCUT2D eigenvalue weighted by atomic mass is 10.1. The second kappa shape index (κ2) is 11.2. The van der Waals surface area contributed by atoms with E-state index >= 15 is 0 Å². The van der Waals surface area contributed by atoms with Crippen LogP contribution in [0.1, 0.15) is 75.9 Å². The smallest absolute Gasteiger partial charge is 0.377 e. The Hall–Kier alpha value is -1.38. The highest BCUT2D eigenvalue weighted by atomic mass is 16.1. The highest BCUT2D eigenvalue weighted by molar-refractivity contribution is 5.66. The molecule has 3 heteroatoms. The monoisotopic (exact) mass is 305 g/mol. The maximum atomic E-state index is 12.1. The molecule has 1 aromatic heterocycles. The number of unbranched alkanes of at least 4 members (excludes halogenated alkanes) is 8. The SMILES string of the molecule is CCCCCCCCCCCC(=O)[n+]1ccc(N(C)C)cc1. The molecule has 0 fully saturated rings. The molecule has 22 heavy (non-hydrogen) atoms. The van der Waals surface area contributed by atoms with Gasteiger partial charge in [0, 0.05) is 31.9 Å². The van der Waals surface area contributed by atoms with Gasteiger partial charge in [0.05, 0.1) is 6.42 Å². The quantitative estimate of drug-likeness (QED) is 0.441. The third-order valence-corrected chi connectivity index (χ3v) is 4.11. The minimum absolute atomic E-state index is 0.202. The number of hydrogen-bond donors (Lipinski definition) is 0. The third kappa shape index (κ3) is 7.58. The van der Waals surface area contributed by atoms with Gasteiger partial charge in [-0.1, -0.05) is 58.3 Å². The first-order chi connectivity index (χ1) is 10.6. The van der Waals surface area contributed by atoms with Gasteiger partial charge >= 0.3 is 5.91 Å². The second-order valence-electron chi connectivity index (χ2n) is 6.33. The molecule has 0 atom stereocenters. The summed E-state index contributed by atoms with van der Waals surface area (Å²) in [5, 5.41) is 0. The number of rotatable bonds is 11. The number of carbonyl (C=O) groups is 1. The van der Waals surface area contributed by atoms with Crippen molar-refractivity contribution < 1.29 is 9.36 Å². The van der Waals surface area contributed by atoms with Crippen molar-refractivity contribution in [1.29, 1.82) is 0 Å². The molecule has 3 nitrogen and oxygen atoms in total. The van der Waals surface area contributed by atoms with E-state index in [0.717, 1.165) is 12.1 Å². The number of anilines is 1. The normalized spacial score (nSPS) is 10.7. The molecular formula is C19H33N2O+. The Bertz CT molecular complexity index is 412. The number of aromatic nitrogens is 1. The van der Waals surface area contributed by atoms with Crippen LogP contribution in [0.4, 0.5) is 5.69 Å². The van der Waals surface area contributed by atoms with E-state index in [0.29, 0.717) is 6.42 Å². The van der Waals surface area contributed by atoms with Crippen LogP contribution < -0.4 is 9.47 Å². The zero-order valence-electron chi connectivity index (χ0n) is 14.7. The van der Waals surface area contributed by atoms with Crippen molar-refractivity contribution in [3.8, 4) is 0 Å². The molecule has 0 amide bonds. The van der Waals surface area contributed by atoms with Crippen LogP contribution in [0.25, 0.3) is 0 Å². The molecule has 0 N–H and O–H groups in total. The molecule has 0 aromatic carbocycles. The van der Waals surface area contributed by atoms with Crippen LogP contribution in [0.2, 0.25) is 0 Å².